The standard InChI is InChI=1S/C16H14N4/c17-11-19-15-7-3-13(4-8-15)1-2-14-5-9-16(10-6-14)20-12-18/h3-10,19-20H,1-2H2. The molecular weight excluding hydrogens is 248 g/mol. The molecule has 0 aliphatic rings. The van der Waals surface area contributed by atoms with Gasteiger partial charge in [0.05, 0.1) is 0 Å². The van der Waals surface area contributed by atoms with Crippen LogP contribution in [0.3, 0.4) is 0 Å². The summed E-state index contributed by atoms with van der Waals surface area (Å²) >= 11 is 0. The summed E-state index contributed by atoms with van der Waals surface area (Å²) < 4.78 is 0. The van der Waals surface area contributed by atoms with Crippen LogP contribution in [0.25, 0.3) is 0 Å². The van der Waals surface area contributed by atoms with Crippen LogP contribution in [-0.2, 0) is 12.8 Å². The van der Waals surface area contributed by atoms with E-state index in [1.807, 2.05) is 60.9 Å². The topological polar surface area (TPSA) is 71.6 Å². The Kier molecular flexibility index (Phi) is 4.59. The molecule has 0 saturated carbocycles. The molecule has 98 valence electrons. The van der Waals surface area contributed by atoms with Gasteiger partial charge < -0.3 is 0 Å². The van der Waals surface area contributed by atoms with Crippen LogP contribution in [0.15, 0.2) is 48.5 Å². The predicted molar refractivity (Wildman–Crippen MR) is 78.8 cm³/mol. The first-order valence-corrected chi connectivity index (χ1v) is 6.30. The molecule has 0 aromatic heterocycles. The molecule has 0 spiro atoms. The molecule has 2 rings (SSSR count). The highest BCUT2D eigenvalue weighted by Gasteiger charge is 1.98. The Morgan fingerprint density at radius 1 is 0.650 bits per heavy atom. The summed E-state index contributed by atoms with van der Waals surface area (Å²) in [5.41, 5.74) is 4.08. The van der Waals surface area contributed by atoms with Gasteiger partial charge in [-0.3, -0.25) is 10.6 Å². The lowest BCUT2D eigenvalue weighted by atomic mass is 10.0. The van der Waals surface area contributed by atoms with Crippen LogP contribution in [-0.4, -0.2) is 0 Å². The fourth-order valence-corrected chi connectivity index (χ4v) is 1.93. The van der Waals surface area contributed by atoms with Gasteiger partial charge in [0.1, 0.15) is 0 Å². The highest BCUT2D eigenvalue weighted by molar-refractivity contribution is 5.48. The molecule has 0 saturated heterocycles. The zero-order chi connectivity index (χ0) is 14.2. The van der Waals surface area contributed by atoms with Crippen LogP contribution in [0.2, 0.25) is 0 Å². The number of hydrogen-bond acceptors (Lipinski definition) is 4. The zero-order valence-electron chi connectivity index (χ0n) is 10.9. The number of aryl methyl sites for hydroxylation is 2. The van der Waals surface area contributed by atoms with E-state index in [0.717, 1.165) is 24.2 Å². The third-order valence-corrected chi connectivity index (χ3v) is 3.01. The second kappa shape index (κ2) is 6.82. The van der Waals surface area contributed by atoms with Crippen molar-refractivity contribution in [2.75, 3.05) is 10.6 Å². The summed E-state index contributed by atoms with van der Waals surface area (Å²) in [7, 11) is 0. The molecule has 2 aromatic carbocycles. The van der Waals surface area contributed by atoms with Crippen molar-refractivity contribution in [3.8, 4) is 12.4 Å². The summed E-state index contributed by atoms with van der Waals surface area (Å²) in [6, 6.07) is 15.7. The van der Waals surface area contributed by atoms with E-state index in [4.69, 9.17) is 10.5 Å². The van der Waals surface area contributed by atoms with Gasteiger partial charge in [-0.2, -0.15) is 10.5 Å². The Balaban J connectivity index is 1.91. The average molecular weight is 262 g/mol. The van der Waals surface area contributed by atoms with Crippen LogP contribution in [0.1, 0.15) is 11.1 Å². The summed E-state index contributed by atoms with van der Waals surface area (Å²) in [5, 5.41) is 22.2. The lowest BCUT2D eigenvalue weighted by molar-refractivity contribution is 0.961. The molecule has 0 heterocycles. The van der Waals surface area contributed by atoms with Gasteiger partial charge >= 0.3 is 0 Å². The van der Waals surface area contributed by atoms with Gasteiger partial charge in [0.2, 0.25) is 0 Å². The van der Waals surface area contributed by atoms with E-state index in [1.165, 1.54) is 11.1 Å². The Morgan fingerprint density at radius 3 is 1.30 bits per heavy atom. The number of anilines is 2. The van der Waals surface area contributed by atoms with E-state index in [9.17, 15) is 0 Å². The fourth-order valence-electron chi connectivity index (χ4n) is 1.93. The average Bonchev–Trinajstić information content (AvgIpc) is 2.49. The lowest BCUT2D eigenvalue weighted by Crippen LogP contribution is -1.93. The van der Waals surface area contributed by atoms with Crippen LogP contribution < -0.4 is 10.6 Å². The SMILES string of the molecule is N#CNc1ccc(CCc2ccc(NC#N)cc2)cc1. The molecule has 0 radical (unpaired) electrons. The second-order valence-corrected chi connectivity index (χ2v) is 4.37. The summed E-state index contributed by atoms with van der Waals surface area (Å²) in [6.45, 7) is 0. The summed E-state index contributed by atoms with van der Waals surface area (Å²) in [5.74, 6) is 0. The quantitative estimate of drug-likeness (QED) is 0.641. The Hall–Kier alpha value is -2.98. The maximum Gasteiger partial charge on any atom is 0.181 e. The molecule has 2 N–H and O–H groups in total. The van der Waals surface area contributed by atoms with Crippen molar-refractivity contribution in [2.24, 2.45) is 0 Å². The minimum Gasteiger partial charge on any atom is -0.293 e. The normalized spacial score (nSPS) is 9.30. The number of rotatable bonds is 5. The number of hydrogen-bond donors (Lipinski definition) is 2. The third-order valence-electron chi connectivity index (χ3n) is 3.01. The first kappa shape index (κ1) is 13.5. The van der Waals surface area contributed by atoms with Crippen LogP contribution in [0.4, 0.5) is 11.4 Å². The maximum absolute atomic E-state index is 8.52. The number of nitrogens with zero attached hydrogens (tertiary/aromatic N) is 2. The van der Waals surface area contributed by atoms with E-state index >= 15 is 0 Å². The van der Waals surface area contributed by atoms with Crippen molar-refractivity contribution in [1.82, 2.24) is 0 Å². The minimum atomic E-state index is 0.809. The molecular formula is C16H14N4. The largest absolute Gasteiger partial charge is 0.293 e. The zero-order valence-corrected chi connectivity index (χ0v) is 10.9. The minimum absolute atomic E-state index is 0.809. The Bertz CT molecular complexity index is 571. The molecule has 0 aliphatic carbocycles. The van der Waals surface area contributed by atoms with Gasteiger partial charge in [-0.25, -0.2) is 0 Å². The van der Waals surface area contributed by atoms with Crippen LogP contribution in [0, 0.1) is 22.9 Å². The molecule has 0 bridgehead atoms. The van der Waals surface area contributed by atoms with E-state index in [0.29, 0.717) is 0 Å². The summed E-state index contributed by atoms with van der Waals surface area (Å²) in [4.78, 5) is 0. The Labute approximate surface area is 118 Å². The van der Waals surface area contributed by atoms with Crippen molar-refractivity contribution in [2.45, 2.75) is 12.8 Å². The fraction of sp³-hybridized carbons (Fsp3) is 0.125. The van der Waals surface area contributed by atoms with Crippen molar-refractivity contribution < 1.29 is 0 Å². The molecule has 2 aromatic rings. The maximum atomic E-state index is 8.52. The van der Waals surface area contributed by atoms with E-state index in [-0.39, 0.29) is 0 Å². The van der Waals surface area contributed by atoms with E-state index < -0.39 is 0 Å². The molecule has 0 aliphatic heterocycles. The Morgan fingerprint density at radius 2 is 1.00 bits per heavy atom. The molecule has 20 heavy (non-hydrogen) atoms. The van der Waals surface area contributed by atoms with Crippen LogP contribution in [0.5, 0.6) is 0 Å². The van der Waals surface area contributed by atoms with Gasteiger partial charge in [0.15, 0.2) is 12.4 Å². The van der Waals surface area contributed by atoms with Crippen molar-refractivity contribution in [1.29, 1.82) is 10.5 Å². The van der Waals surface area contributed by atoms with Gasteiger partial charge in [0.25, 0.3) is 0 Å². The number of benzene rings is 2. The molecule has 4 heteroatoms. The molecule has 4 nitrogen and oxygen atoms in total. The molecule has 0 amide bonds. The van der Waals surface area contributed by atoms with E-state index in [1.54, 1.807) is 0 Å². The van der Waals surface area contributed by atoms with Gasteiger partial charge in [0, 0.05) is 11.4 Å². The van der Waals surface area contributed by atoms with Crippen molar-refractivity contribution >= 4 is 11.4 Å². The number of nitriles is 2. The highest BCUT2D eigenvalue weighted by atomic mass is 14.9. The van der Waals surface area contributed by atoms with Gasteiger partial charge in [-0.1, -0.05) is 24.3 Å². The molecule has 0 atom stereocenters. The predicted octanol–water partition coefficient (Wildman–Crippen LogP) is 3.26. The number of nitrogens with one attached hydrogen (secondary N) is 2. The summed E-state index contributed by atoms with van der Waals surface area (Å²) in [6.07, 6.45) is 5.68. The molecule has 0 unspecified atom stereocenters. The molecule has 0 fully saturated rings. The van der Waals surface area contributed by atoms with Crippen LogP contribution >= 0.6 is 0 Å². The monoisotopic (exact) mass is 262 g/mol. The third kappa shape index (κ3) is 3.76. The first-order chi connectivity index (χ1) is 9.81. The van der Waals surface area contributed by atoms with Crippen molar-refractivity contribution in [3.05, 3.63) is 59.7 Å². The van der Waals surface area contributed by atoms with Gasteiger partial charge in [-0.15, -0.1) is 0 Å². The highest BCUT2D eigenvalue weighted by Crippen LogP contribution is 2.14. The second-order valence-electron chi connectivity index (χ2n) is 4.37. The smallest absolute Gasteiger partial charge is 0.181 e. The lowest BCUT2D eigenvalue weighted by Gasteiger charge is -2.04. The van der Waals surface area contributed by atoms with E-state index in [2.05, 4.69) is 10.6 Å². The van der Waals surface area contributed by atoms with Gasteiger partial charge in [-0.05, 0) is 48.2 Å². The van der Waals surface area contributed by atoms with Crippen molar-refractivity contribution in [3.63, 3.8) is 0 Å². The first-order valence-electron chi connectivity index (χ1n) is 6.30.